The van der Waals surface area contributed by atoms with Gasteiger partial charge in [-0.2, -0.15) is 0 Å². The smallest absolute Gasteiger partial charge is 0.254 e. The van der Waals surface area contributed by atoms with Crippen molar-refractivity contribution in [2.75, 3.05) is 44.5 Å². The Morgan fingerprint density at radius 1 is 0.767 bits per heavy atom. The molecular weight excluding hydrogens is 583 g/mol. The zero-order valence-electron chi connectivity index (χ0n) is 26.6. The van der Waals surface area contributed by atoms with E-state index in [4.69, 9.17) is 9.47 Å². The fourth-order valence-corrected chi connectivity index (χ4v) is 9.03. The molecule has 1 aliphatic carbocycles. The number of imide groups is 1. The van der Waals surface area contributed by atoms with E-state index in [2.05, 4.69) is 27.7 Å². The molecular formula is C34H51NO6S2. The minimum absolute atomic E-state index is 0.0401. The van der Waals surface area contributed by atoms with Gasteiger partial charge in [-0.1, -0.05) is 27.7 Å². The highest BCUT2D eigenvalue weighted by Gasteiger charge is 2.40. The van der Waals surface area contributed by atoms with E-state index in [-0.39, 0.29) is 40.3 Å². The average Bonchev–Trinajstić information content (AvgIpc) is 3.60. The van der Waals surface area contributed by atoms with Crippen LogP contribution >= 0.6 is 23.5 Å². The second kappa shape index (κ2) is 15.7. The Bertz CT molecular complexity index is 1100. The third-order valence-corrected chi connectivity index (χ3v) is 11.6. The van der Waals surface area contributed by atoms with Gasteiger partial charge in [-0.25, -0.2) is 0 Å². The van der Waals surface area contributed by atoms with Gasteiger partial charge in [-0.15, -0.1) is 23.5 Å². The van der Waals surface area contributed by atoms with E-state index in [9.17, 15) is 19.2 Å². The van der Waals surface area contributed by atoms with E-state index in [1.165, 1.54) is 4.90 Å². The summed E-state index contributed by atoms with van der Waals surface area (Å²) < 4.78 is 11.8. The summed E-state index contributed by atoms with van der Waals surface area (Å²) in [5.41, 5.74) is -0.132. The summed E-state index contributed by atoms with van der Waals surface area (Å²) in [4.78, 5) is 54.1. The van der Waals surface area contributed by atoms with Crippen molar-refractivity contribution >= 4 is 46.9 Å². The molecule has 9 heteroatoms. The average molecular weight is 634 g/mol. The molecule has 0 bridgehead atoms. The van der Waals surface area contributed by atoms with Gasteiger partial charge in [-0.05, 0) is 90.6 Å². The number of ether oxygens (including phenoxy) is 2. The normalized spacial score (nSPS) is 26.7. The SMILES string of the molecule is CC(C)(CCOCCCOCCC(C)(C)CN1C(=O)C=C2SCCC2C1=O)CC1CCC(=O)/C=C2/SCCC2C(=O)CC1. The quantitative estimate of drug-likeness (QED) is 0.156. The molecule has 0 aromatic carbocycles. The Morgan fingerprint density at radius 2 is 1.37 bits per heavy atom. The number of carbonyl (C=O) groups excluding carboxylic acids is 4. The van der Waals surface area contributed by atoms with Crippen molar-refractivity contribution < 1.29 is 28.7 Å². The lowest BCUT2D eigenvalue weighted by Crippen LogP contribution is -2.47. The van der Waals surface area contributed by atoms with Crippen molar-refractivity contribution in [2.24, 2.45) is 28.6 Å². The molecule has 0 aromatic rings. The molecule has 2 amide bonds. The van der Waals surface area contributed by atoms with Crippen LogP contribution in [0.4, 0.5) is 0 Å². The van der Waals surface area contributed by atoms with Gasteiger partial charge in [0.05, 0.1) is 5.92 Å². The first-order chi connectivity index (χ1) is 20.4. The number of Topliss-reactive ketones (excluding diaryl/α,β-unsaturated/α-hetero) is 1. The summed E-state index contributed by atoms with van der Waals surface area (Å²) >= 11 is 3.32. The molecule has 2 saturated heterocycles. The summed E-state index contributed by atoms with van der Waals surface area (Å²) in [6.07, 6.45) is 11.6. The maximum atomic E-state index is 12.8. The number of amides is 2. The van der Waals surface area contributed by atoms with Crippen LogP contribution in [-0.4, -0.2) is 72.8 Å². The van der Waals surface area contributed by atoms with Crippen LogP contribution < -0.4 is 0 Å². The van der Waals surface area contributed by atoms with Crippen LogP contribution in [0.15, 0.2) is 22.0 Å². The Hall–Kier alpha value is -1.42. The van der Waals surface area contributed by atoms with Crippen molar-refractivity contribution in [3.8, 4) is 0 Å². The molecule has 0 N–H and O–H groups in total. The Kier molecular flexibility index (Phi) is 12.6. The first-order valence-corrected chi connectivity index (χ1v) is 18.2. The molecule has 3 unspecified atom stereocenters. The van der Waals surface area contributed by atoms with Crippen LogP contribution in [0, 0.1) is 28.6 Å². The Balaban J connectivity index is 1.07. The van der Waals surface area contributed by atoms with Crippen LogP contribution in [0.5, 0.6) is 0 Å². The Labute approximate surface area is 266 Å². The highest BCUT2D eigenvalue weighted by atomic mass is 32.2. The second-order valence-electron chi connectivity index (χ2n) is 14.2. The summed E-state index contributed by atoms with van der Waals surface area (Å²) in [5, 5.41) is 0. The number of fused-ring (bicyclic) bond motifs is 2. The molecule has 0 saturated carbocycles. The predicted molar refractivity (Wildman–Crippen MR) is 174 cm³/mol. The van der Waals surface area contributed by atoms with Gasteiger partial charge in [-0.3, -0.25) is 24.1 Å². The maximum absolute atomic E-state index is 12.8. The first-order valence-electron chi connectivity index (χ1n) is 16.2. The standard InChI is InChI=1S/C34H51NO6S2/c1-33(2,22-24-6-8-25(36)20-29-26(10-18-42-29)28(37)9-7-24)12-16-40-14-5-15-41-17-13-34(3,4)23-35-31(38)21-30-27(32(35)39)11-19-43-30/h20-21,24,26-27H,5-19,22-23H2,1-4H3/b29-20+. The maximum Gasteiger partial charge on any atom is 0.254 e. The fourth-order valence-electron chi connectivity index (χ4n) is 6.58. The van der Waals surface area contributed by atoms with Gasteiger partial charge in [0.2, 0.25) is 5.91 Å². The molecule has 4 aliphatic rings. The predicted octanol–water partition coefficient (Wildman–Crippen LogP) is 6.60. The largest absolute Gasteiger partial charge is 0.381 e. The number of allylic oxidation sites excluding steroid dienone is 2. The summed E-state index contributed by atoms with van der Waals surface area (Å²) in [7, 11) is 0. The van der Waals surface area contributed by atoms with Crippen LogP contribution in [0.3, 0.4) is 0 Å². The molecule has 7 nitrogen and oxygen atoms in total. The zero-order chi connectivity index (χ0) is 31.0. The lowest BCUT2D eigenvalue weighted by atomic mass is 9.76. The highest BCUT2D eigenvalue weighted by Crippen LogP contribution is 2.41. The van der Waals surface area contributed by atoms with Crippen molar-refractivity contribution in [1.29, 1.82) is 0 Å². The second-order valence-corrected chi connectivity index (χ2v) is 16.6. The molecule has 3 atom stereocenters. The van der Waals surface area contributed by atoms with Gasteiger partial charge >= 0.3 is 0 Å². The van der Waals surface area contributed by atoms with Gasteiger partial charge in [0.1, 0.15) is 5.78 Å². The number of rotatable bonds is 14. The van der Waals surface area contributed by atoms with Crippen LogP contribution in [0.2, 0.25) is 0 Å². The Morgan fingerprint density at radius 3 is 2.07 bits per heavy atom. The molecule has 240 valence electrons. The zero-order valence-corrected chi connectivity index (χ0v) is 28.3. The number of thioether (sulfide) groups is 2. The van der Waals surface area contributed by atoms with Crippen molar-refractivity contribution in [3.05, 3.63) is 22.0 Å². The number of ketones is 2. The molecule has 43 heavy (non-hydrogen) atoms. The van der Waals surface area contributed by atoms with E-state index in [0.717, 1.165) is 72.7 Å². The number of hydrogen-bond acceptors (Lipinski definition) is 8. The third kappa shape index (κ3) is 10.3. The van der Waals surface area contributed by atoms with Gasteiger partial charge in [0, 0.05) is 62.7 Å². The van der Waals surface area contributed by atoms with Crippen LogP contribution in [0.1, 0.15) is 91.9 Å². The van der Waals surface area contributed by atoms with Crippen LogP contribution in [0.25, 0.3) is 0 Å². The molecule has 3 heterocycles. The first kappa shape index (κ1) is 34.5. The number of hydrogen-bond donors (Lipinski definition) is 0. The monoisotopic (exact) mass is 633 g/mol. The molecule has 4 rings (SSSR count). The van der Waals surface area contributed by atoms with E-state index < -0.39 is 0 Å². The third-order valence-electron chi connectivity index (χ3n) is 9.27. The van der Waals surface area contributed by atoms with E-state index in [1.54, 1.807) is 35.7 Å². The number of nitrogens with zero attached hydrogens (tertiary/aromatic N) is 1. The van der Waals surface area contributed by atoms with Crippen molar-refractivity contribution in [2.45, 2.75) is 91.9 Å². The summed E-state index contributed by atoms with van der Waals surface area (Å²) in [6.45, 7) is 11.6. The van der Waals surface area contributed by atoms with Gasteiger partial charge in [0.25, 0.3) is 5.91 Å². The summed E-state index contributed by atoms with van der Waals surface area (Å²) in [5.74, 6) is 2.34. The van der Waals surface area contributed by atoms with Gasteiger partial charge in [0.15, 0.2) is 5.78 Å². The van der Waals surface area contributed by atoms with E-state index >= 15 is 0 Å². The molecule has 0 aromatic heterocycles. The van der Waals surface area contributed by atoms with Crippen molar-refractivity contribution in [1.82, 2.24) is 4.90 Å². The minimum atomic E-state index is -0.213. The lowest BCUT2D eigenvalue weighted by molar-refractivity contribution is -0.147. The molecule has 2 fully saturated rings. The molecule has 3 aliphatic heterocycles. The van der Waals surface area contributed by atoms with Crippen molar-refractivity contribution in [3.63, 3.8) is 0 Å². The van der Waals surface area contributed by atoms with Gasteiger partial charge < -0.3 is 9.47 Å². The van der Waals surface area contributed by atoms with Crippen LogP contribution in [-0.2, 0) is 28.7 Å². The minimum Gasteiger partial charge on any atom is -0.381 e. The summed E-state index contributed by atoms with van der Waals surface area (Å²) in [6, 6.07) is 0. The van der Waals surface area contributed by atoms with E-state index in [1.807, 2.05) is 0 Å². The lowest BCUT2D eigenvalue weighted by Gasteiger charge is -2.34. The highest BCUT2D eigenvalue weighted by molar-refractivity contribution is 8.03. The molecule has 0 spiro atoms. The topological polar surface area (TPSA) is 90.0 Å². The fraction of sp³-hybridized carbons (Fsp3) is 0.765. The molecule has 0 radical (unpaired) electrons. The van der Waals surface area contributed by atoms with E-state index in [0.29, 0.717) is 57.5 Å². The number of carbonyl (C=O) groups is 4.